The number of Topliss-reactive ketones (excluding diaryl/α,β-unsaturated/α-hetero) is 1. The van der Waals surface area contributed by atoms with Crippen LogP contribution >= 0.6 is 0 Å². The first-order valence-corrected chi connectivity index (χ1v) is 10.6. The van der Waals surface area contributed by atoms with E-state index in [9.17, 15) is 19.2 Å². The topological polar surface area (TPSA) is 107 Å². The van der Waals surface area contributed by atoms with Gasteiger partial charge in [-0.15, -0.1) is 0 Å². The van der Waals surface area contributed by atoms with Crippen molar-refractivity contribution in [1.29, 1.82) is 0 Å². The highest BCUT2D eigenvalue weighted by atomic mass is 16.5. The molecule has 0 aromatic heterocycles. The highest BCUT2D eigenvalue weighted by molar-refractivity contribution is 6.08. The number of ether oxygens (including phenoxy) is 2. The van der Waals surface area contributed by atoms with Crippen LogP contribution in [-0.2, 0) is 28.7 Å². The van der Waals surface area contributed by atoms with Crippen LogP contribution in [0.3, 0.4) is 0 Å². The zero-order valence-corrected chi connectivity index (χ0v) is 18.5. The second-order valence-corrected chi connectivity index (χ2v) is 7.30. The molecule has 0 amide bonds. The number of carboxylic acids is 1. The Balaban J connectivity index is 2.93. The summed E-state index contributed by atoms with van der Waals surface area (Å²) in [7, 11) is 0. The average Bonchev–Trinajstić information content (AvgIpc) is 2.96. The van der Waals surface area contributed by atoms with E-state index in [0.717, 1.165) is 24.8 Å². The molecule has 1 aliphatic carbocycles. The molecular weight excluding hydrogens is 400 g/mol. The molecule has 0 aromatic carbocycles. The Bertz CT molecular complexity index is 771. The SMILES string of the molecule is CCCCC/C=C\CC1=C[C@@H](OC(C)=O)C(=O)/C1=C/C=C/[C@@H](CCC(=O)O)OC(C)=O. The van der Waals surface area contributed by atoms with Gasteiger partial charge in [-0.3, -0.25) is 19.2 Å². The Morgan fingerprint density at radius 3 is 2.52 bits per heavy atom. The summed E-state index contributed by atoms with van der Waals surface area (Å²) < 4.78 is 10.2. The van der Waals surface area contributed by atoms with Crippen molar-refractivity contribution in [3.05, 3.63) is 47.6 Å². The van der Waals surface area contributed by atoms with Crippen molar-refractivity contribution in [2.45, 2.75) is 77.9 Å². The number of ketones is 1. The van der Waals surface area contributed by atoms with Crippen LogP contribution < -0.4 is 0 Å². The minimum Gasteiger partial charge on any atom is -0.481 e. The van der Waals surface area contributed by atoms with Gasteiger partial charge in [0.2, 0.25) is 5.78 Å². The van der Waals surface area contributed by atoms with Gasteiger partial charge in [0.25, 0.3) is 0 Å². The lowest BCUT2D eigenvalue weighted by Crippen LogP contribution is -2.21. The first-order valence-electron chi connectivity index (χ1n) is 10.6. The lowest BCUT2D eigenvalue weighted by Gasteiger charge is -2.11. The van der Waals surface area contributed by atoms with Crippen LogP contribution in [0, 0.1) is 0 Å². The molecule has 2 atom stereocenters. The van der Waals surface area contributed by atoms with Gasteiger partial charge in [-0.25, -0.2) is 0 Å². The van der Waals surface area contributed by atoms with E-state index in [2.05, 4.69) is 13.0 Å². The molecule has 0 spiro atoms. The van der Waals surface area contributed by atoms with Gasteiger partial charge in [-0.2, -0.15) is 0 Å². The highest BCUT2D eigenvalue weighted by Gasteiger charge is 2.31. The van der Waals surface area contributed by atoms with Crippen molar-refractivity contribution in [3.8, 4) is 0 Å². The van der Waals surface area contributed by atoms with E-state index in [-0.39, 0.29) is 18.6 Å². The van der Waals surface area contributed by atoms with E-state index >= 15 is 0 Å². The van der Waals surface area contributed by atoms with Crippen molar-refractivity contribution in [2.75, 3.05) is 0 Å². The Kier molecular flexibility index (Phi) is 11.9. The minimum atomic E-state index is -0.991. The fourth-order valence-electron chi connectivity index (χ4n) is 3.08. The van der Waals surface area contributed by atoms with E-state index in [1.165, 1.54) is 20.3 Å². The number of unbranched alkanes of at least 4 members (excludes halogenated alkanes) is 3. The third-order valence-electron chi connectivity index (χ3n) is 4.54. The fourth-order valence-corrected chi connectivity index (χ4v) is 3.08. The van der Waals surface area contributed by atoms with Crippen LogP contribution in [0.1, 0.15) is 65.7 Å². The second kappa shape index (κ2) is 14.1. The summed E-state index contributed by atoms with van der Waals surface area (Å²) in [4.78, 5) is 46.0. The first-order chi connectivity index (χ1) is 14.7. The van der Waals surface area contributed by atoms with E-state index in [4.69, 9.17) is 14.6 Å². The number of carboxylic acid groups (broad SMARTS) is 1. The number of aliphatic carboxylic acids is 1. The largest absolute Gasteiger partial charge is 0.481 e. The van der Waals surface area contributed by atoms with Gasteiger partial charge in [0, 0.05) is 25.8 Å². The van der Waals surface area contributed by atoms with E-state index in [1.54, 1.807) is 24.3 Å². The summed E-state index contributed by atoms with van der Waals surface area (Å²) in [6, 6.07) is 0. The molecular formula is C24H32O7. The molecule has 1 aliphatic rings. The Hall–Kier alpha value is -2.96. The third-order valence-corrected chi connectivity index (χ3v) is 4.54. The highest BCUT2D eigenvalue weighted by Crippen LogP contribution is 2.27. The summed E-state index contributed by atoms with van der Waals surface area (Å²) in [5, 5.41) is 8.84. The molecule has 0 aromatic rings. The van der Waals surface area contributed by atoms with Crippen molar-refractivity contribution in [1.82, 2.24) is 0 Å². The van der Waals surface area contributed by atoms with E-state index < -0.39 is 30.1 Å². The van der Waals surface area contributed by atoms with E-state index in [1.807, 2.05) is 6.08 Å². The average molecular weight is 433 g/mol. The number of rotatable bonds is 13. The molecule has 0 radical (unpaired) electrons. The Labute approximate surface area is 183 Å². The summed E-state index contributed by atoms with van der Waals surface area (Å²) in [5.41, 5.74) is 1.17. The van der Waals surface area contributed by atoms with Gasteiger partial charge in [-0.05, 0) is 43.4 Å². The van der Waals surface area contributed by atoms with Crippen LogP contribution in [0.25, 0.3) is 0 Å². The summed E-state index contributed by atoms with van der Waals surface area (Å²) in [5.74, 6) is -2.36. The summed E-state index contributed by atoms with van der Waals surface area (Å²) >= 11 is 0. The van der Waals surface area contributed by atoms with Crippen molar-refractivity contribution >= 4 is 23.7 Å². The molecule has 1 rings (SSSR count). The molecule has 1 N–H and O–H groups in total. The maximum absolute atomic E-state index is 12.7. The number of hydrogen-bond donors (Lipinski definition) is 1. The zero-order valence-electron chi connectivity index (χ0n) is 18.5. The molecule has 0 bridgehead atoms. The molecule has 7 heteroatoms. The van der Waals surface area contributed by atoms with Gasteiger partial charge >= 0.3 is 17.9 Å². The maximum Gasteiger partial charge on any atom is 0.303 e. The fraction of sp³-hybridized carbons (Fsp3) is 0.500. The Morgan fingerprint density at radius 1 is 1.16 bits per heavy atom. The molecule has 0 saturated carbocycles. The number of esters is 2. The summed E-state index contributed by atoms with van der Waals surface area (Å²) in [6.07, 6.45) is 13.7. The predicted molar refractivity (Wildman–Crippen MR) is 116 cm³/mol. The number of allylic oxidation sites excluding steroid dienone is 5. The Morgan fingerprint density at radius 2 is 1.90 bits per heavy atom. The molecule has 170 valence electrons. The van der Waals surface area contributed by atoms with Gasteiger partial charge in [-0.1, -0.05) is 44.1 Å². The molecule has 0 saturated heterocycles. The first kappa shape index (κ1) is 26.1. The van der Waals surface area contributed by atoms with E-state index in [0.29, 0.717) is 12.0 Å². The van der Waals surface area contributed by atoms with Crippen molar-refractivity contribution < 1.29 is 33.8 Å². The smallest absolute Gasteiger partial charge is 0.303 e. The summed E-state index contributed by atoms with van der Waals surface area (Å²) in [6.45, 7) is 4.65. The lowest BCUT2D eigenvalue weighted by atomic mass is 10.0. The van der Waals surface area contributed by atoms with Crippen LogP contribution in [0.2, 0.25) is 0 Å². The van der Waals surface area contributed by atoms with Crippen molar-refractivity contribution in [3.63, 3.8) is 0 Å². The molecule has 0 unspecified atom stereocenters. The number of hydrogen-bond acceptors (Lipinski definition) is 6. The van der Waals surface area contributed by atoms with Crippen LogP contribution in [0.5, 0.6) is 0 Å². The van der Waals surface area contributed by atoms with Crippen LogP contribution in [-0.4, -0.2) is 41.0 Å². The number of carbonyl (C=O) groups excluding carboxylic acids is 3. The van der Waals surface area contributed by atoms with Gasteiger partial charge in [0.1, 0.15) is 6.10 Å². The maximum atomic E-state index is 12.7. The van der Waals surface area contributed by atoms with Crippen LogP contribution in [0.15, 0.2) is 47.6 Å². The number of carbonyl (C=O) groups is 4. The third kappa shape index (κ3) is 10.6. The molecule has 7 nitrogen and oxygen atoms in total. The quantitative estimate of drug-likeness (QED) is 0.201. The standard InChI is InChI=1S/C24H32O7/c1-4-5-6-7-8-9-11-19-16-22(31-18(3)26)24(29)21(19)13-10-12-20(30-17(2)25)14-15-23(27)28/h8-10,12-13,16,20,22H,4-7,11,14-15H2,1-3H3,(H,27,28)/b9-8-,12-10+,21-13+/t20-,22+/m0/s1. The van der Waals surface area contributed by atoms with Crippen molar-refractivity contribution in [2.24, 2.45) is 0 Å². The minimum absolute atomic E-state index is 0.127. The second-order valence-electron chi connectivity index (χ2n) is 7.30. The molecule has 0 fully saturated rings. The van der Waals surface area contributed by atoms with Gasteiger partial charge < -0.3 is 14.6 Å². The monoisotopic (exact) mass is 432 g/mol. The molecule has 0 heterocycles. The van der Waals surface area contributed by atoms with Gasteiger partial charge in [0.15, 0.2) is 6.10 Å². The molecule has 0 aliphatic heterocycles. The predicted octanol–water partition coefficient (Wildman–Crippen LogP) is 4.23. The lowest BCUT2D eigenvalue weighted by molar-refractivity contribution is -0.148. The zero-order chi connectivity index (χ0) is 23.2. The van der Waals surface area contributed by atoms with Crippen LogP contribution in [0.4, 0.5) is 0 Å². The van der Waals surface area contributed by atoms with Gasteiger partial charge in [0.05, 0.1) is 0 Å². The normalized spacial score (nSPS) is 18.5. The molecule has 31 heavy (non-hydrogen) atoms.